The van der Waals surface area contributed by atoms with Crippen molar-refractivity contribution >= 4 is 11.8 Å². The lowest BCUT2D eigenvalue weighted by Crippen LogP contribution is -2.23. The maximum Gasteiger partial charge on any atom is 0.188 e. The summed E-state index contributed by atoms with van der Waals surface area (Å²) in [7, 11) is 0. The van der Waals surface area contributed by atoms with Crippen molar-refractivity contribution in [3.63, 3.8) is 0 Å². The van der Waals surface area contributed by atoms with Gasteiger partial charge in [0.25, 0.3) is 0 Å². The van der Waals surface area contributed by atoms with Gasteiger partial charge in [0.15, 0.2) is 5.16 Å². The van der Waals surface area contributed by atoms with Crippen molar-refractivity contribution < 1.29 is 0 Å². The van der Waals surface area contributed by atoms with Gasteiger partial charge in [0.1, 0.15) is 0 Å². The first-order valence-electron chi connectivity index (χ1n) is 5.25. The zero-order valence-electron chi connectivity index (χ0n) is 9.95. The van der Waals surface area contributed by atoms with Crippen molar-refractivity contribution in [3.05, 3.63) is 17.5 Å². The molecule has 1 unspecified atom stereocenters. The molecular weight excluding hydrogens is 218 g/mol. The van der Waals surface area contributed by atoms with Crippen LogP contribution in [0.3, 0.4) is 0 Å². The fourth-order valence-corrected chi connectivity index (χ4v) is 2.27. The van der Waals surface area contributed by atoms with Crippen molar-refractivity contribution in [3.8, 4) is 12.3 Å². The van der Waals surface area contributed by atoms with Crippen molar-refractivity contribution in [2.24, 2.45) is 0 Å². The topological polar surface area (TPSA) is 37.8 Å². The highest BCUT2D eigenvalue weighted by Crippen LogP contribution is 2.19. The molecule has 0 radical (unpaired) electrons. The fraction of sp³-hybridized carbons (Fsp3) is 0.500. The lowest BCUT2D eigenvalue weighted by molar-refractivity contribution is 0.744. The quantitative estimate of drug-likeness (QED) is 0.365. The second-order valence-corrected chi connectivity index (χ2v) is 5.10. The van der Waals surface area contributed by atoms with Gasteiger partial charge in [-0.3, -0.25) is 0 Å². The standard InChI is InChI=1S/C12H17N3S/c1-5-6-13-8-11(4)16-12-14-9(2)7-10(3)15-12/h1,7,11,13H,6,8H2,2-4H3. The van der Waals surface area contributed by atoms with Crippen molar-refractivity contribution in [1.82, 2.24) is 15.3 Å². The summed E-state index contributed by atoms with van der Waals surface area (Å²) in [6, 6.07) is 1.98. The smallest absolute Gasteiger partial charge is 0.188 e. The van der Waals surface area contributed by atoms with Crippen LogP contribution in [-0.2, 0) is 0 Å². The highest BCUT2D eigenvalue weighted by Gasteiger charge is 2.07. The number of nitrogens with one attached hydrogen (secondary N) is 1. The Bertz CT molecular complexity index is 364. The summed E-state index contributed by atoms with van der Waals surface area (Å²) in [6.45, 7) is 7.58. The molecule has 16 heavy (non-hydrogen) atoms. The molecule has 0 spiro atoms. The van der Waals surface area contributed by atoms with E-state index >= 15 is 0 Å². The molecule has 86 valence electrons. The molecule has 0 bridgehead atoms. The normalized spacial score (nSPS) is 12.1. The third-order valence-electron chi connectivity index (χ3n) is 1.93. The number of terminal acetylenes is 1. The summed E-state index contributed by atoms with van der Waals surface area (Å²) in [4.78, 5) is 8.77. The van der Waals surface area contributed by atoms with Gasteiger partial charge in [-0.1, -0.05) is 24.6 Å². The molecule has 1 rings (SSSR count). The zero-order valence-corrected chi connectivity index (χ0v) is 10.8. The molecule has 4 heteroatoms. The predicted molar refractivity (Wildman–Crippen MR) is 68.5 cm³/mol. The summed E-state index contributed by atoms with van der Waals surface area (Å²) in [5.41, 5.74) is 2.03. The number of hydrogen-bond donors (Lipinski definition) is 1. The molecule has 1 N–H and O–H groups in total. The highest BCUT2D eigenvalue weighted by molar-refractivity contribution is 7.99. The minimum Gasteiger partial charge on any atom is -0.305 e. The number of nitrogens with zero attached hydrogens (tertiary/aromatic N) is 2. The van der Waals surface area contributed by atoms with E-state index in [0.717, 1.165) is 23.1 Å². The number of hydrogen-bond acceptors (Lipinski definition) is 4. The Morgan fingerprint density at radius 3 is 2.62 bits per heavy atom. The van der Waals surface area contributed by atoms with Crippen molar-refractivity contribution in [1.29, 1.82) is 0 Å². The fourth-order valence-electron chi connectivity index (χ4n) is 1.32. The van der Waals surface area contributed by atoms with E-state index in [2.05, 4.69) is 28.1 Å². The van der Waals surface area contributed by atoms with Crippen molar-refractivity contribution in [2.75, 3.05) is 13.1 Å². The first kappa shape index (κ1) is 13.0. The van der Waals surface area contributed by atoms with Crippen LogP contribution in [0, 0.1) is 26.2 Å². The van der Waals surface area contributed by atoms with E-state index in [9.17, 15) is 0 Å². The maximum absolute atomic E-state index is 5.16. The minimum absolute atomic E-state index is 0.412. The van der Waals surface area contributed by atoms with Gasteiger partial charge >= 0.3 is 0 Å². The van der Waals surface area contributed by atoms with E-state index in [0.29, 0.717) is 11.8 Å². The van der Waals surface area contributed by atoms with Crippen LogP contribution in [-0.4, -0.2) is 28.3 Å². The Kier molecular flexibility index (Phi) is 5.30. The summed E-state index contributed by atoms with van der Waals surface area (Å²) >= 11 is 1.67. The van der Waals surface area contributed by atoms with Crippen molar-refractivity contribution in [2.45, 2.75) is 31.2 Å². The summed E-state index contributed by atoms with van der Waals surface area (Å²) in [6.07, 6.45) is 5.16. The van der Waals surface area contributed by atoms with Gasteiger partial charge < -0.3 is 5.32 Å². The SMILES string of the molecule is C#CCNCC(C)Sc1nc(C)cc(C)n1. The Labute approximate surface area is 101 Å². The summed E-state index contributed by atoms with van der Waals surface area (Å²) < 4.78 is 0. The minimum atomic E-state index is 0.412. The van der Waals surface area contributed by atoms with E-state index < -0.39 is 0 Å². The van der Waals surface area contributed by atoms with Gasteiger partial charge in [0, 0.05) is 23.2 Å². The van der Waals surface area contributed by atoms with Crippen LogP contribution in [0.1, 0.15) is 18.3 Å². The third kappa shape index (κ3) is 4.65. The van der Waals surface area contributed by atoms with Crippen LogP contribution in [0.25, 0.3) is 0 Å². The molecule has 1 aromatic heterocycles. The first-order chi connectivity index (χ1) is 7.61. The van der Waals surface area contributed by atoms with E-state index in [4.69, 9.17) is 6.42 Å². The molecule has 0 aliphatic carbocycles. The molecule has 0 saturated heterocycles. The Hall–Kier alpha value is -1.05. The van der Waals surface area contributed by atoms with Crippen LogP contribution in [0.4, 0.5) is 0 Å². The molecular formula is C12H17N3S. The second kappa shape index (κ2) is 6.51. The molecule has 1 aromatic rings. The van der Waals surface area contributed by atoms with E-state index in [1.807, 2.05) is 19.9 Å². The molecule has 0 fully saturated rings. The predicted octanol–water partition coefficient (Wildman–Crippen LogP) is 1.80. The van der Waals surface area contributed by atoms with Crippen LogP contribution < -0.4 is 5.32 Å². The van der Waals surface area contributed by atoms with Crippen LogP contribution in [0.15, 0.2) is 11.2 Å². The Morgan fingerprint density at radius 2 is 2.06 bits per heavy atom. The molecule has 3 nitrogen and oxygen atoms in total. The summed E-state index contributed by atoms with van der Waals surface area (Å²) in [5, 5.41) is 4.42. The van der Waals surface area contributed by atoms with Crippen LogP contribution in [0.5, 0.6) is 0 Å². The number of aryl methyl sites for hydroxylation is 2. The molecule has 0 aliphatic heterocycles. The Balaban J connectivity index is 2.49. The number of thioether (sulfide) groups is 1. The van der Waals surface area contributed by atoms with Gasteiger partial charge in [-0.05, 0) is 19.9 Å². The number of aromatic nitrogens is 2. The molecule has 0 amide bonds. The van der Waals surface area contributed by atoms with Crippen LogP contribution >= 0.6 is 11.8 Å². The van der Waals surface area contributed by atoms with E-state index in [1.165, 1.54) is 0 Å². The molecule has 1 heterocycles. The van der Waals surface area contributed by atoms with Crippen LogP contribution in [0.2, 0.25) is 0 Å². The lowest BCUT2D eigenvalue weighted by atomic mass is 10.4. The Morgan fingerprint density at radius 1 is 1.44 bits per heavy atom. The zero-order chi connectivity index (χ0) is 12.0. The second-order valence-electron chi connectivity index (χ2n) is 3.70. The maximum atomic E-state index is 5.16. The average Bonchev–Trinajstić information content (AvgIpc) is 2.16. The first-order valence-corrected chi connectivity index (χ1v) is 6.13. The molecule has 1 atom stereocenters. The molecule has 0 saturated carbocycles. The molecule has 0 aromatic carbocycles. The van der Waals surface area contributed by atoms with Gasteiger partial charge in [-0.15, -0.1) is 6.42 Å². The van der Waals surface area contributed by atoms with Gasteiger partial charge in [-0.2, -0.15) is 0 Å². The lowest BCUT2D eigenvalue weighted by Gasteiger charge is -2.10. The highest BCUT2D eigenvalue weighted by atomic mass is 32.2. The third-order valence-corrected chi connectivity index (χ3v) is 2.89. The van der Waals surface area contributed by atoms with E-state index in [1.54, 1.807) is 11.8 Å². The van der Waals surface area contributed by atoms with Gasteiger partial charge in [-0.25, -0.2) is 9.97 Å². The average molecular weight is 235 g/mol. The largest absolute Gasteiger partial charge is 0.305 e. The van der Waals surface area contributed by atoms with Gasteiger partial charge in [0.2, 0.25) is 0 Å². The monoisotopic (exact) mass is 235 g/mol. The summed E-state index contributed by atoms with van der Waals surface area (Å²) in [5.74, 6) is 2.55. The molecule has 0 aliphatic rings. The number of rotatable bonds is 5. The van der Waals surface area contributed by atoms with Gasteiger partial charge in [0.05, 0.1) is 6.54 Å². The van der Waals surface area contributed by atoms with E-state index in [-0.39, 0.29) is 0 Å².